The second kappa shape index (κ2) is 7.04. The fraction of sp³-hybridized carbons (Fsp3) is 0.375. The Morgan fingerprint density at radius 1 is 1.33 bits per heavy atom. The fourth-order valence-electron chi connectivity index (χ4n) is 1.57. The Labute approximate surface area is 124 Å². The van der Waals surface area contributed by atoms with E-state index in [0.717, 1.165) is 17.2 Å². The molecule has 1 amide bonds. The predicted octanol–water partition coefficient (Wildman–Crippen LogP) is 2.85. The highest BCUT2D eigenvalue weighted by molar-refractivity contribution is 5.92. The van der Waals surface area contributed by atoms with Crippen LogP contribution in [0.3, 0.4) is 0 Å². The second-order valence-corrected chi connectivity index (χ2v) is 5.70. The molecule has 0 aromatic heterocycles. The standard InChI is InChI=1S/C16H21NO4/c1-11-9-12(6-8-15(19)20)5-7-13(11)17-14(18)10-21-16(2,3)4/h5-9H,10H2,1-4H3,(H,17,18)(H,19,20)/b8-6+. The summed E-state index contributed by atoms with van der Waals surface area (Å²) >= 11 is 0. The van der Waals surface area contributed by atoms with Crippen LogP contribution in [0.15, 0.2) is 24.3 Å². The number of anilines is 1. The van der Waals surface area contributed by atoms with Gasteiger partial charge in [0, 0.05) is 11.8 Å². The van der Waals surface area contributed by atoms with Crippen molar-refractivity contribution in [2.24, 2.45) is 0 Å². The maximum absolute atomic E-state index is 11.8. The van der Waals surface area contributed by atoms with Crippen LogP contribution in [-0.2, 0) is 14.3 Å². The molecule has 0 spiro atoms. The van der Waals surface area contributed by atoms with E-state index in [1.807, 2.05) is 27.7 Å². The molecule has 0 aliphatic carbocycles. The molecule has 1 rings (SSSR count). The topological polar surface area (TPSA) is 75.6 Å². The lowest BCUT2D eigenvalue weighted by atomic mass is 10.1. The second-order valence-electron chi connectivity index (χ2n) is 5.70. The summed E-state index contributed by atoms with van der Waals surface area (Å²) in [6, 6.07) is 5.29. The number of rotatable bonds is 5. The normalized spacial score (nSPS) is 11.6. The van der Waals surface area contributed by atoms with Crippen LogP contribution in [-0.4, -0.2) is 29.2 Å². The Kier molecular flexibility index (Phi) is 5.67. The number of carbonyl (C=O) groups excluding carboxylic acids is 1. The molecule has 0 saturated carbocycles. The van der Waals surface area contributed by atoms with E-state index in [9.17, 15) is 9.59 Å². The summed E-state index contributed by atoms with van der Waals surface area (Å²) in [6.07, 6.45) is 2.58. The van der Waals surface area contributed by atoms with E-state index in [-0.39, 0.29) is 18.1 Å². The minimum Gasteiger partial charge on any atom is -0.478 e. The zero-order chi connectivity index (χ0) is 16.0. The summed E-state index contributed by atoms with van der Waals surface area (Å²) in [4.78, 5) is 22.2. The lowest BCUT2D eigenvalue weighted by molar-refractivity contribution is -0.131. The summed E-state index contributed by atoms with van der Waals surface area (Å²) in [5.74, 6) is -1.22. The maximum atomic E-state index is 11.8. The molecule has 2 N–H and O–H groups in total. The largest absolute Gasteiger partial charge is 0.478 e. The van der Waals surface area contributed by atoms with Gasteiger partial charge in [0.1, 0.15) is 6.61 Å². The van der Waals surface area contributed by atoms with Crippen molar-refractivity contribution >= 4 is 23.6 Å². The van der Waals surface area contributed by atoms with Crippen molar-refractivity contribution < 1.29 is 19.4 Å². The molecule has 1 aromatic carbocycles. The first kappa shape index (κ1) is 16.9. The van der Waals surface area contributed by atoms with Crippen LogP contribution in [0.4, 0.5) is 5.69 Å². The molecular weight excluding hydrogens is 270 g/mol. The molecule has 0 atom stereocenters. The molecular formula is C16H21NO4. The third-order valence-electron chi connectivity index (χ3n) is 2.58. The molecule has 0 aliphatic heterocycles. The van der Waals surface area contributed by atoms with E-state index in [2.05, 4.69) is 5.32 Å². The molecule has 0 aliphatic rings. The molecule has 0 bridgehead atoms. The van der Waals surface area contributed by atoms with Crippen LogP contribution in [0.2, 0.25) is 0 Å². The van der Waals surface area contributed by atoms with Gasteiger partial charge in [-0.1, -0.05) is 6.07 Å². The smallest absolute Gasteiger partial charge is 0.328 e. The first-order valence-electron chi connectivity index (χ1n) is 6.63. The van der Waals surface area contributed by atoms with Gasteiger partial charge >= 0.3 is 5.97 Å². The van der Waals surface area contributed by atoms with Crippen molar-refractivity contribution in [3.63, 3.8) is 0 Å². The number of hydrogen-bond donors (Lipinski definition) is 2. The summed E-state index contributed by atoms with van der Waals surface area (Å²) in [6.45, 7) is 7.49. The van der Waals surface area contributed by atoms with E-state index >= 15 is 0 Å². The molecule has 21 heavy (non-hydrogen) atoms. The number of carboxylic acid groups (broad SMARTS) is 1. The quantitative estimate of drug-likeness (QED) is 0.818. The Morgan fingerprint density at radius 2 is 2.00 bits per heavy atom. The van der Waals surface area contributed by atoms with Crippen LogP contribution in [0.1, 0.15) is 31.9 Å². The number of amides is 1. The van der Waals surface area contributed by atoms with Gasteiger partial charge in [-0.25, -0.2) is 4.79 Å². The minimum atomic E-state index is -0.996. The van der Waals surface area contributed by atoms with Crippen molar-refractivity contribution in [3.05, 3.63) is 35.4 Å². The summed E-state index contributed by atoms with van der Waals surface area (Å²) in [7, 11) is 0. The number of carbonyl (C=O) groups is 2. The van der Waals surface area contributed by atoms with Crippen LogP contribution in [0.25, 0.3) is 6.08 Å². The molecule has 1 aromatic rings. The third kappa shape index (κ3) is 6.72. The van der Waals surface area contributed by atoms with Gasteiger partial charge < -0.3 is 15.2 Å². The number of hydrogen-bond acceptors (Lipinski definition) is 3. The van der Waals surface area contributed by atoms with Gasteiger partial charge in [-0.2, -0.15) is 0 Å². The van der Waals surface area contributed by atoms with E-state index in [1.165, 1.54) is 6.08 Å². The van der Waals surface area contributed by atoms with Crippen LogP contribution >= 0.6 is 0 Å². The molecule has 5 nitrogen and oxygen atoms in total. The van der Waals surface area contributed by atoms with Crippen molar-refractivity contribution in [1.29, 1.82) is 0 Å². The molecule has 0 fully saturated rings. The van der Waals surface area contributed by atoms with Gasteiger partial charge in [0.05, 0.1) is 5.60 Å². The molecule has 0 heterocycles. The van der Waals surface area contributed by atoms with Gasteiger partial charge in [-0.3, -0.25) is 4.79 Å². The third-order valence-corrected chi connectivity index (χ3v) is 2.58. The van der Waals surface area contributed by atoms with Gasteiger partial charge in [0.2, 0.25) is 5.91 Å². The number of carboxylic acids is 1. The number of aryl methyl sites for hydroxylation is 1. The molecule has 0 radical (unpaired) electrons. The first-order valence-corrected chi connectivity index (χ1v) is 6.63. The van der Waals surface area contributed by atoms with Gasteiger partial charge in [-0.05, 0) is 57.0 Å². The highest BCUT2D eigenvalue weighted by Gasteiger charge is 2.13. The van der Waals surface area contributed by atoms with E-state index < -0.39 is 5.97 Å². The van der Waals surface area contributed by atoms with Gasteiger partial charge in [0.15, 0.2) is 0 Å². The highest BCUT2D eigenvalue weighted by atomic mass is 16.5. The van der Waals surface area contributed by atoms with Crippen molar-refractivity contribution in [2.75, 3.05) is 11.9 Å². The number of ether oxygens (including phenoxy) is 1. The zero-order valence-electron chi connectivity index (χ0n) is 12.8. The van der Waals surface area contributed by atoms with Crippen molar-refractivity contribution in [1.82, 2.24) is 0 Å². The number of benzene rings is 1. The summed E-state index contributed by atoms with van der Waals surface area (Å²) < 4.78 is 5.40. The summed E-state index contributed by atoms with van der Waals surface area (Å²) in [5, 5.41) is 11.4. The van der Waals surface area contributed by atoms with Gasteiger partial charge in [-0.15, -0.1) is 0 Å². The Hall–Kier alpha value is -2.14. The van der Waals surface area contributed by atoms with Crippen LogP contribution < -0.4 is 5.32 Å². The van der Waals surface area contributed by atoms with Crippen molar-refractivity contribution in [2.45, 2.75) is 33.3 Å². The minimum absolute atomic E-state index is 0.0103. The van der Waals surface area contributed by atoms with Gasteiger partial charge in [0.25, 0.3) is 0 Å². The SMILES string of the molecule is Cc1cc(/C=C/C(=O)O)ccc1NC(=O)COC(C)(C)C. The molecule has 0 unspecified atom stereocenters. The highest BCUT2D eigenvalue weighted by Crippen LogP contribution is 2.17. The lowest BCUT2D eigenvalue weighted by Crippen LogP contribution is -2.27. The summed E-state index contributed by atoms with van der Waals surface area (Å²) in [5.41, 5.74) is 1.94. The first-order chi connectivity index (χ1) is 9.67. The fourth-order valence-corrected chi connectivity index (χ4v) is 1.57. The van der Waals surface area contributed by atoms with Crippen LogP contribution in [0.5, 0.6) is 0 Å². The molecule has 114 valence electrons. The van der Waals surface area contributed by atoms with E-state index in [0.29, 0.717) is 5.69 Å². The Bertz CT molecular complexity index is 556. The Morgan fingerprint density at radius 3 is 2.52 bits per heavy atom. The lowest BCUT2D eigenvalue weighted by Gasteiger charge is -2.19. The molecule has 0 saturated heterocycles. The monoisotopic (exact) mass is 291 g/mol. The average molecular weight is 291 g/mol. The van der Waals surface area contributed by atoms with E-state index in [4.69, 9.17) is 9.84 Å². The zero-order valence-corrected chi connectivity index (χ0v) is 12.8. The predicted molar refractivity (Wildman–Crippen MR) is 82.2 cm³/mol. The number of nitrogens with one attached hydrogen (secondary N) is 1. The Balaban J connectivity index is 2.68. The average Bonchev–Trinajstić information content (AvgIpc) is 2.36. The van der Waals surface area contributed by atoms with Crippen molar-refractivity contribution in [3.8, 4) is 0 Å². The number of aliphatic carboxylic acids is 1. The van der Waals surface area contributed by atoms with E-state index in [1.54, 1.807) is 18.2 Å². The van der Waals surface area contributed by atoms with Crippen LogP contribution in [0, 0.1) is 6.92 Å². The molecule has 5 heteroatoms. The maximum Gasteiger partial charge on any atom is 0.328 e.